The standard InChI is InChI=1S/C17H20FN3O.2ClH/c1-11-15(8-12-5-6-13(18)9-16(12)20-11)17(22)21-7-3-4-14(21)10-19-2;;/h5-6,8-9,14,19H,3-4,7,10H2,1-2H3;2*1H. The fourth-order valence-electron chi connectivity index (χ4n) is 3.16. The van der Waals surface area contributed by atoms with Crippen LogP contribution in [0, 0.1) is 12.7 Å². The summed E-state index contributed by atoms with van der Waals surface area (Å²) in [6.45, 7) is 3.39. The molecule has 2 heterocycles. The van der Waals surface area contributed by atoms with Crippen LogP contribution >= 0.6 is 24.8 Å². The van der Waals surface area contributed by atoms with Crippen molar-refractivity contribution in [1.82, 2.24) is 15.2 Å². The number of carbonyl (C=O) groups is 1. The molecule has 24 heavy (non-hydrogen) atoms. The molecule has 1 aliphatic heterocycles. The molecule has 0 saturated carbocycles. The lowest BCUT2D eigenvalue weighted by Crippen LogP contribution is -2.41. The van der Waals surface area contributed by atoms with Gasteiger partial charge < -0.3 is 10.2 Å². The van der Waals surface area contributed by atoms with Crippen LogP contribution in [0.1, 0.15) is 28.9 Å². The van der Waals surface area contributed by atoms with Crippen LogP contribution < -0.4 is 5.32 Å². The summed E-state index contributed by atoms with van der Waals surface area (Å²) < 4.78 is 13.3. The maximum absolute atomic E-state index is 13.3. The summed E-state index contributed by atoms with van der Waals surface area (Å²) in [7, 11) is 1.90. The third-order valence-corrected chi connectivity index (χ3v) is 4.28. The highest BCUT2D eigenvalue weighted by atomic mass is 35.5. The van der Waals surface area contributed by atoms with Gasteiger partial charge in [-0.25, -0.2) is 4.39 Å². The predicted molar refractivity (Wildman–Crippen MR) is 98.9 cm³/mol. The zero-order valence-corrected chi connectivity index (χ0v) is 15.3. The van der Waals surface area contributed by atoms with Crippen molar-refractivity contribution in [3.05, 3.63) is 41.3 Å². The van der Waals surface area contributed by atoms with Crippen molar-refractivity contribution in [3.63, 3.8) is 0 Å². The van der Waals surface area contributed by atoms with Crippen LogP contribution in [0.5, 0.6) is 0 Å². The summed E-state index contributed by atoms with van der Waals surface area (Å²) in [4.78, 5) is 19.2. The maximum atomic E-state index is 13.3. The van der Waals surface area contributed by atoms with E-state index in [0.29, 0.717) is 16.8 Å². The van der Waals surface area contributed by atoms with Gasteiger partial charge in [0.25, 0.3) is 5.91 Å². The summed E-state index contributed by atoms with van der Waals surface area (Å²) in [5.74, 6) is -0.291. The smallest absolute Gasteiger partial charge is 0.256 e. The SMILES string of the molecule is CNCC1CCCN1C(=O)c1cc2ccc(F)cc2nc1C.Cl.Cl. The lowest BCUT2D eigenvalue weighted by atomic mass is 10.1. The van der Waals surface area contributed by atoms with Gasteiger partial charge in [0.1, 0.15) is 5.82 Å². The second kappa shape index (κ2) is 8.60. The molecule has 1 amide bonds. The number of likely N-dealkylation sites (tertiary alicyclic amines) is 1. The first-order valence-electron chi connectivity index (χ1n) is 7.62. The largest absolute Gasteiger partial charge is 0.334 e. The van der Waals surface area contributed by atoms with Crippen molar-refractivity contribution in [1.29, 1.82) is 0 Å². The number of hydrogen-bond acceptors (Lipinski definition) is 3. The van der Waals surface area contributed by atoms with Crippen LogP contribution in [0.15, 0.2) is 24.3 Å². The van der Waals surface area contributed by atoms with E-state index < -0.39 is 0 Å². The number of pyridine rings is 1. The number of hydrogen-bond donors (Lipinski definition) is 1. The number of nitrogens with one attached hydrogen (secondary N) is 1. The van der Waals surface area contributed by atoms with Crippen LogP contribution in [-0.4, -0.2) is 42.0 Å². The third-order valence-electron chi connectivity index (χ3n) is 4.28. The van der Waals surface area contributed by atoms with E-state index in [9.17, 15) is 9.18 Å². The van der Waals surface area contributed by atoms with E-state index in [2.05, 4.69) is 10.3 Å². The Hall–Kier alpha value is -1.43. The van der Waals surface area contributed by atoms with Crippen molar-refractivity contribution in [3.8, 4) is 0 Å². The van der Waals surface area contributed by atoms with Crippen LogP contribution in [-0.2, 0) is 0 Å². The Morgan fingerprint density at radius 1 is 1.38 bits per heavy atom. The lowest BCUT2D eigenvalue weighted by molar-refractivity contribution is 0.0736. The van der Waals surface area contributed by atoms with Gasteiger partial charge in [0, 0.05) is 30.6 Å². The Labute approximate surface area is 153 Å². The van der Waals surface area contributed by atoms with Crippen LogP contribution in [0.25, 0.3) is 10.9 Å². The molecular formula is C17H22Cl2FN3O. The number of nitrogens with zero attached hydrogens (tertiary/aromatic N) is 2. The molecular weight excluding hydrogens is 352 g/mol. The fraction of sp³-hybridized carbons (Fsp3) is 0.412. The van der Waals surface area contributed by atoms with Gasteiger partial charge in [-0.1, -0.05) is 0 Å². The second-order valence-electron chi connectivity index (χ2n) is 5.81. The monoisotopic (exact) mass is 373 g/mol. The average Bonchev–Trinajstić information content (AvgIpc) is 2.94. The van der Waals surface area contributed by atoms with Gasteiger partial charge in [-0.05, 0) is 45.0 Å². The Balaban J connectivity index is 0.00000144. The molecule has 4 nitrogen and oxygen atoms in total. The van der Waals surface area contributed by atoms with Crippen molar-refractivity contribution >= 4 is 41.6 Å². The summed E-state index contributed by atoms with van der Waals surface area (Å²) in [5.41, 5.74) is 1.85. The van der Waals surface area contributed by atoms with Gasteiger partial charge in [0.2, 0.25) is 0 Å². The topological polar surface area (TPSA) is 45.2 Å². The molecule has 1 atom stereocenters. The van der Waals surface area contributed by atoms with Gasteiger partial charge in [-0.15, -0.1) is 24.8 Å². The van der Waals surface area contributed by atoms with E-state index in [1.54, 1.807) is 13.0 Å². The first-order chi connectivity index (χ1) is 10.6. The Morgan fingerprint density at radius 3 is 2.83 bits per heavy atom. The highest BCUT2D eigenvalue weighted by molar-refractivity contribution is 5.99. The highest BCUT2D eigenvalue weighted by Gasteiger charge is 2.29. The number of rotatable bonds is 3. The van der Waals surface area contributed by atoms with Gasteiger partial charge in [-0.2, -0.15) is 0 Å². The zero-order valence-electron chi connectivity index (χ0n) is 13.7. The first kappa shape index (κ1) is 20.6. The van der Waals surface area contributed by atoms with Crippen molar-refractivity contribution in [2.75, 3.05) is 20.1 Å². The first-order valence-corrected chi connectivity index (χ1v) is 7.62. The van der Waals surface area contributed by atoms with E-state index in [4.69, 9.17) is 0 Å². The van der Waals surface area contributed by atoms with Gasteiger partial charge >= 0.3 is 0 Å². The Bertz CT molecular complexity index is 726. The van der Waals surface area contributed by atoms with Crippen molar-refractivity contribution < 1.29 is 9.18 Å². The van der Waals surface area contributed by atoms with Gasteiger partial charge in [0.05, 0.1) is 16.8 Å². The minimum Gasteiger partial charge on any atom is -0.334 e. The molecule has 0 spiro atoms. The highest BCUT2D eigenvalue weighted by Crippen LogP contribution is 2.23. The molecule has 1 saturated heterocycles. The van der Waals surface area contributed by atoms with E-state index in [1.807, 2.05) is 18.0 Å². The average molecular weight is 374 g/mol. The molecule has 0 bridgehead atoms. The molecule has 1 aliphatic rings. The maximum Gasteiger partial charge on any atom is 0.256 e. The molecule has 1 aromatic heterocycles. The molecule has 3 rings (SSSR count). The van der Waals surface area contributed by atoms with Crippen LogP contribution in [0.3, 0.4) is 0 Å². The van der Waals surface area contributed by atoms with E-state index in [-0.39, 0.29) is 42.6 Å². The Kier molecular flexibility index (Phi) is 7.39. The molecule has 2 aromatic rings. The van der Waals surface area contributed by atoms with Gasteiger partial charge in [-0.3, -0.25) is 9.78 Å². The predicted octanol–water partition coefficient (Wildman–Crippen LogP) is 3.35. The molecule has 1 unspecified atom stereocenters. The number of aromatic nitrogens is 1. The minimum absolute atomic E-state index is 0. The number of aryl methyl sites for hydroxylation is 1. The van der Waals surface area contributed by atoms with Crippen LogP contribution in [0.2, 0.25) is 0 Å². The number of halogens is 3. The number of benzene rings is 1. The van der Waals surface area contributed by atoms with Crippen molar-refractivity contribution in [2.24, 2.45) is 0 Å². The van der Waals surface area contributed by atoms with Crippen LogP contribution in [0.4, 0.5) is 4.39 Å². The van der Waals surface area contributed by atoms with E-state index >= 15 is 0 Å². The molecule has 0 radical (unpaired) electrons. The molecule has 0 aliphatic carbocycles. The Morgan fingerprint density at radius 2 is 2.12 bits per heavy atom. The number of likely N-dealkylation sites (N-methyl/N-ethyl adjacent to an activating group) is 1. The number of fused-ring (bicyclic) bond motifs is 1. The van der Waals surface area contributed by atoms with E-state index in [0.717, 1.165) is 31.3 Å². The summed E-state index contributed by atoms with van der Waals surface area (Å²) >= 11 is 0. The normalized spacial score (nSPS) is 16.6. The summed E-state index contributed by atoms with van der Waals surface area (Å²) in [6, 6.07) is 6.53. The second-order valence-corrected chi connectivity index (χ2v) is 5.81. The summed E-state index contributed by atoms with van der Waals surface area (Å²) in [6.07, 6.45) is 2.06. The third kappa shape index (κ3) is 3.97. The fourth-order valence-corrected chi connectivity index (χ4v) is 3.16. The molecule has 1 fully saturated rings. The quantitative estimate of drug-likeness (QED) is 0.896. The molecule has 1 aromatic carbocycles. The molecule has 132 valence electrons. The molecule has 1 N–H and O–H groups in total. The van der Waals surface area contributed by atoms with Crippen molar-refractivity contribution in [2.45, 2.75) is 25.8 Å². The number of amides is 1. The van der Waals surface area contributed by atoms with E-state index in [1.165, 1.54) is 12.1 Å². The minimum atomic E-state index is -0.313. The molecule has 7 heteroatoms. The van der Waals surface area contributed by atoms with Gasteiger partial charge in [0.15, 0.2) is 0 Å². The lowest BCUT2D eigenvalue weighted by Gasteiger charge is -2.25. The zero-order chi connectivity index (χ0) is 15.7. The number of carbonyl (C=O) groups excluding carboxylic acids is 1. The summed E-state index contributed by atoms with van der Waals surface area (Å²) in [5, 5.41) is 3.94.